The van der Waals surface area contributed by atoms with Crippen molar-refractivity contribution in [2.24, 2.45) is 5.92 Å². The molecule has 1 aromatic rings. The molecule has 2 unspecified atom stereocenters. The van der Waals surface area contributed by atoms with Crippen LogP contribution < -0.4 is 5.32 Å². The average Bonchev–Trinajstić information content (AvgIpc) is 2.82. The maximum Gasteiger partial charge on any atom is 0.130 e. The fourth-order valence-electron chi connectivity index (χ4n) is 2.50. The summed E-state index contributed by atoms with van der Waals surface area (Å²) in [5.74, 6) is -0.562. The second-order valence-corrected chi connectivity index (χ2v) is 4.71. The Kier molecular flexibility index (Phi) is 4.66. The number of hydrogen-bond acceptors (Lipinski definition) is 2. The highest BCUT2D eigenvalue weighted by atomic mass is 19.1. The van der Waals surface area contributed by atoms with Crippen LogP contribution in [-0.2, 0) is 4.74 Å². The van der Waals surface area contributed by atoms with Gasteiger partial charge in [-0.3, -0.25) is 0 Å². The van der Waals surface area contributed by atoms with E-state index < -0.39 is 11.6 Å². The second kappa shape index (κ2) is 6.25. The summed E-state index contributed by atoms with van der Waals surface area (Å²) in [5.41, 5.74) is 0.159. The first-order valence-electron chi connectivity index (χ1n) is 6.47. The van der Waals surface area contributed by atoms with Gasteiger partial charge in [0.25, 0.3) is 0 Å². The number of hydrogen-bond donors (Lipinski definition) is 1. The minimum absolute atomic E-state index is 0.159. The van der Waals surface area contributed by atoms with Crippen molar-refractivity contribution in [1.29, 1.82) is 0 Å². The molecular formula is C14H19F2NO. The molecule has 1 aliphatic heterocycles. The molecule has 0 saturated carbocycles. The zero-order valence-electron chi connectivity index (χ0n) is 10.6. The van der Waals surface area contributed by atoms with Crippen LogP contribution in [0.1, 0.15) is 31.4 Å². The Hall–Kier alpha value is -1.00. The lowest BCUT2D eigenvalue weighted by molar-refractivity contribution is 0.181. The van der Waals surface area contributed by atoms with Crippen LogP contribution in [0.25, 0.3) is 0 Å². The maximum absolute atomic E-state index is 13.8. The van der Waals surface area contributed by atoms with Crippen molar-refractivity contribution >= 4 is 0 Å². The molecule has 100 valence electrons. The van der Waals surface area contributed by atoms with E-state index in [4.69, 9.17) is 4.74 Å². The van der Waals surface area contributed by atoms with Gasteiger partial charge in [-0.15, -0.1) is 0 Å². The van der Waals surface area contributed by atoms with E-state index in [1.165, 1.54) is 18.2 Å². The fourth-order valence-corrected chi connectivity index (χ4v) is 2.50. The van der Waals surface area contributed by atoms with Crippen LogP contribution in [0.15, 0.2) is 18.2 Å². The number of halogens is 2. The molecular weight excluding hydrogens is 236 g/mol. The zero-order chi connectivity index (χ0) is 13.0. The van der Waals surface area contributed by atoms with Crippen LogP contribution in [0.2, 0.25) is 0 Å². The van der Waals surface area contributed by atoms with Gasteiger partial charge in [-0.05, 0) is 37.4 Å². The molecule has 0 bridgehead atoms. The SMILES string of the molecule is CCNC(CC1CCOC1)c1c(F)cccc1F. The molecule has 0 aromatic heterocycles. The molecule has 1 aliphatic rings. The minimum Gasteiger partial charge on any atom is -0.381 e. The zero-order valence-corrected chi connectivity index (χ0v) is 10.6. The highest BCUT2D eigenvalue weighted by molar-refractivity contribution is 5.23. The van der Waals surface area contributed by atoms with E-state index in [1.807, 2.05) is 6.92 Å². The lowest BCUT2D eigenvalue weighted by Gasteiger charge is -2.22. The number of rotatable bonds is 5. The Labute approximate surface area is 106 Å². The maximum atomic E-state index is 13.8. The first-order chi connectivity index (χ1) is 8.72. The van der Waals surface area contributed by atoms with Crippen LogP contribution in [0.4, 0.5) is 8.78 Å². The Bertz CT molecular complexity index is 371. The Morgan fingerprint density at radius 2 is 2.11 bits per heavy atom. The quantitative estimate of drug-likeness (QED) is 0.873. The summed E-state index contributed by atoms with van der Waals surface area (Å²) >= 11 is 0. The van der Waals surface area contributed by atoms with E-state index in [0.29, 0.717) is 25.5 Å². The van der Waals surface area contributed by atoms with Gasteiger partial charge in [-0.25, -0.2) is 8.78 Å². The monoisotopic (exact) mass is 255 g/mol. The molecule has 1 fully saturated rings. The smallest absolute Gasteiger partial charge is 0.130 e. The van der Waals surface area contributed by atoms with Gasteiger partial charge in [0.15, 0.2) is 0 Å². The Morgan fingerprint density at radius 3 is 2.67 bits per heavy atom. The Morgan fingerprint density at radius 1 is 1.39 bits per heavy atom. The third-order valence-electron chi connectivity index (χ3n) is 3.39. The predicted octanol–water partition coefficient (Wildman–Crippen LogP) is 3.04. The highest BCUT2D eigenvalue weighted by Crippen LogP contribution is 2.29. The molecule has 1 saturated heterocycles. The van der Waals surface area contributed by atoms with Gasteiger partial charge in [0, 0.05) is 24.8 Å². The molecule has 2 nitrogen and oxygen atoms in total. The van der Waals surface area contributed by atoms with Gasteiger partial charge in [0.2, 0.25) is 0 Å². The number of ether oxygens (including phenoxy) is 1. The number of nitrogens with one attached hydrogen (secondary N) is 1. The normalized spacial score (nSPS) is 21.2. The van der Waals surface area contributed by atoms with Crippen LogP contribution in [0.3, 0.4) is 0 Å². The third kappa shape index (κ3) is 3.06. The average molecular weight is 255 g/mol. The van der Waals surface area contributed by atoms with Crippen molar-refractivity contribution in [1.82, 2.24) is 5.32 Å². The van der Waals surface area contributed by atoms with Crippen molar-refractivity contribution in [3.8, 4) is 0 Å². The second-order valence-electron chi connectivity index (χ2n) is 4.71. The minimum atomic E-state index is -0.472. The summed E-state index contributed by atoms with van der Waals surface area (Å²) in [6, 6.07) is 3.75. The largest absolute Gasteiger partial charge is 0.381 e. The summed E-state index contributed by atoms with van der Waals surface area (Å²) in [7, 11) is 0. The van der Waals surface area contributed by atoms with Gasteiger partial charge in [0.05, 0.1) is 0 Å². The van der Waals surface area contributed by atoms with E-state index in [2.05, 4.69) is 5.32 Å². The molecule has 0 radical (unpaired) electrons. The molecule has 2 atom stereocenters. The third-order valence-corrected chi connectivity index (χ3v) is 3.39. The lowest BCUT2D eigenvalue weighted by atomic mass is 9.93. The summed E-state index contributed by atoms with van der Waals surface area (Å²) in [4.78, 5) is 0. The molecule has 0 aliphatic carbocycles. The molecule has 0 spiro atoms. The summed E-state index contributed by atoms with van der Waals surface area (Å²) in [6.45, 7) is 4.07. The van der Waals surface area contributed by atoms with Gasteiger partial charge in [0.1, 0.15) is 11.6 Å². The van der Waals surface area contributed by atoms with Crippen molar-refractivity contribution in [2.45, 2.75) is 25.8 Å². The number of benzene rings is 1. The molecule has 1 heterocycles. The molecule has 0 amide bonds. The van der Waals surface area contributed by atoms with E-state index in [0.717, 1.165) is 13.0 Å². The van der Waals surface area contributed by atoms with Crippen LogP contribution >= 0.6 is 0 Å². The van der Waals surface area contributed by atoms with Gasteiger partial charge in [-0.2, -0.15) is 0 Å². The highest BCUT2D eigenvalue weighted by Gasteiger charge is 2.25. The molecule has 18 heavy (non-hydrogen) atoms. The van der Waals surface area contributed by atoms with E-state index >= 15 is 0 Å². The first-order valence-corrected chi connectivity index (χ1v) is 6.47. The fraction of sp³-hybridized carbons (Fsp3) is 0.571. The summed E-state index contributed by atoms with van der Waals surface area (Å²) in [6.07, 6.45) is 1.68. The molecule has 2 rings (SSSR count). The Balaban J connectivity index is 2.17. The van der Waals surface area contributed by atoms with Crippen LogP contribution in [-0.4, -0.2) is 19.8 Å². The van der Waals surface area contributed by atoms with Gasteiger partial charge in [-0.1, -0.05) is 13.0 Å². The first kappa shape index (κ1) is 13.4. The van der Waals surface area contributed by atoms with Crippen molar-refractivity contribution in [2.75, 3.05) is 19.8 Å². The van der Waals surface area contributed by atoms with Gasteiger partial charge >= 0.3 is 0 Å². The lowest BCUT2D eigenvalue weighted by Crippen LogP contribution is -2.25. The van der Waals surface area contributed by atoms with E-state index in [9.17, 15) is 8.78 Å². The summed E-state index contributed by atoms with van der Waals surface area (Å²) in [5, 5.41) is 3.17. The molecule has 1 aromatic carbocycles. The standard InChI is InChI=1S/C14H19F2NO/c1-2-17-13(8-10-6-7-18-9-10)14-11(15)4-3-5-12(14)16/h3-5,10,13,17H,2,6-9H2,1H3. The van der Waals surface area contributed by atoms with E-state index in [-0.39, 0.29) is 11.6 Å². The predicted molar refractivity (Wildman–Crippen MR) is 66.3 cm³/mol. The van der Waals surface area contributed by atoms with E-state index in [1.54, 1.807) is 0 Å². The molecule has 1 N–H and O–H groups in total. The summed E-state index contributed by atoms with van der Waals surface area (Å²) < 4.78 is 32.9. The van der Waals surface area contributed by atoms with Gasteiger partial charge < -0.3 is 10.1 Å². The van der Waals surface area contributed by atoms with Crippen LogP contribution in [0.5, 0.6) is 0 Å². The van der Waals surface area contributed by atoms with Crippen molar-refractivity contribution < 1.29 is 13.5 Å². The topological polar surface area (TPSA) is 21.3 Å². The van der Waals surface area contributed by atoms with Crippen LogP contribution in [0, 0.1) is 17.6 Å². The van der Waals surface area contributed by atoms with Crippen molar-refractivity contribution in [3.63, 3.8) is 0 Å². The van der Waals surface area contributed by atoms with Crippen molar-refractivity contribution in [3.05, 3.63) is 35.4 Å². The molecule has 4 heteroatoms.